The topological polar surface area (TPSA) is 101 Å². The van der Waals surface area contributed by atoms with E-state index in [2.05, 4.69) is 4.74 Å². The van der Waals surface area contributed by atoms with Gasteiger partial charge < -0.3 is 9.84 Å². The van der Waals surface area contributed by atoms with Crippen LogP contribution in [-0.4, -0.2) is 55.2 Å². The van der Waals surface area contributed by atoms with E-state index in [-0.39, 0.29) is 18.7 Å². The summed E-state index contributed by atoms with van der Waals surface area (Å²) in [6, 6.07) is -0.964. The van der Waals surface area contributed by atoms with Crippen LogP contribution in [0.25, 0.3) is 0 Å². The van der Waals surface area contributed by atoms with E-state index in [9.17, 15) is 18.0 Å². The van der Waals surface area contributed by atoms with Crippen LogP contribution in [0.4, 0.5) is 0 Å². The van der Waals surface area contributed by atoms with E-state index in [0.717, 1.165) is 4.31 Å². The molecular formula is C12H19NO6S. The third-order valence-electron chi connectivity index (χ3n) is 4.04. The largest absolute Gasteiger partial charge is 0.480 e. The van der Waals surface area contributed by atoms with Gasteiger partial charge >= 0.3 is 11.9 Å². The van der Waals surface area contributed by atoms with Gasteiger partial charge in [0.05, 0.1) is 19.3 Å². The van der Waals surface area contributed by atoms with E-state index < -0.39 is 33.4 Å². The molecule has 0 aromatic heterocycles. The third kappa shape index (κ3) is 3.12. The summed E-state index contributed by atoms with van der Waals surface area (Å²) in [7, 11) is -2.39. The Balaban J connectivity index is 2.08. The number of carboxylic acid groups (broad SMARTS) is 1. The first-order valence-electron chi connectivity index (χ1n) is 6.59. The molecule has 1 aliphatic heterocycles. The third-order valence-corrected chi connectivity index (χ3v) is 6.17. The predicted molar refractivity (Wildman–Crippen MR) is 69.5 cm³/mol. The van der Waals surface area contributed by atoms with Crippen LogP contribution in [0.5, 0.6) is 0 Å². The molecule has 0 spiro atoms. The molecule has 1 saturated heterocycles. The van der Waals surface area contributed by atoms with Gasteiger partial charge in [-0.25, -0.2) is 8.42 Å². The monoisotopic (exact) mass is 305 g/mol. The number of rotatable bonds is 6. The molecule has 2 aliphatic rings. The normalized spacial score (nSPS) is 25.4. The molecule has 7 nitrogen and oxygen atoms in total. The first-order valence-corrected chi connectivity index (χ1v) is 8.20. The Morgan fingerprint density at radius 3 is 2.55 bits per heavy atom. The van der Waals surface area contributed by atoms with E-state index in [4.69, 9.17) is 5.11 Å². The summed E-state index contributed by atoms with van der Waals surface area (Å²) in [5.74, 6) is -1.70. The highest BCUT2D eigenvalue weighted by molar-refractivity contribution is 7.89. The number of ether oxygens (including phenoxy) is 1. The number of carbonyl (C=O) groups excluding carboxylic acids is 1. The van der Waals surface area contributed by atoms with E-state index in [1.54, 1.807) is 0 Å². The average Bonchev–Trinajstić information content (AvgIpc) is 2.93. The van der Waals surface area contributed by atoms with Crippen molar-refractivity contribution < 1.29 is 27.9 Å². The molecule has 0 unspecified atom stereocenters. The summed E-state index contributed by atoms with van der Waals surface area (Å²) in [6.45, 7) is 0.244. The number of carboxylic acids is 1. The summed E-state index contributed by atoms with van der Waals surface area (Å²) in [5.41, 5.74) is -0.558. The lowest BCUT2D eigenvalue weighted by Gasteiger charge is -2.23. The molecule has 20 heavy (non-hydrogen) atoms. The molecule has 8 heteroatoms. The van der Waals surface area contributed by atoms with Crippen LogP contribution in [0, 0.1) is 5.41 Å². The van der Waals surface area contributed by atoms with E-state index in [0.29, 0.717) is 25.7 Å². The molecule has 1 atom stereocenters. The van der Waals surface area contributed by atoms with Crippen molar-refractivity contribution in [2.75, 3.05) is 19.4 Å². The van der Waals surface area contributed by atoms with Crippen molar-refractivity contribution in [2.24, 2.45) is 5.41 Å². The van der Waals surface area contributed by atoms with E-state index in [1.807, 2.05) is 0 Å². The Hall–Kier alpha value is -1.15. The van der Waals surface area contributed by atoms with Crippen molar-refractivity contribution in [1.29, 1.82) is 0 Å². The van der Waals surface area contributed by atoms with Gasteiger partial charge in [0.2, 0.25) is 10.0 Å². The van der Waals surface area contributed by atoms with Crippen molar-refractivity contribution in [2.45, 2.75) is 38.1 Å². The Morgan fingerprint density at radius 2 is 2.05 bits per heavy atom. The first kappa shape index (κ1) is 15.2. The lowest BCUT2D eigenvalue weighted by Crippen LogP contribution is -2.43. The molecular weight excluding hydrogens is 286 g/mol. The quantitative estimate of drug-likeness (QED) is 0.704. The second kappa shape index (κ2) is 5.33. The SMILES string of the molecule is COC(=O)CC1(CS(=O)(=O)N2CCC[C@@H]2C(=O)O)CC1. The number of sulfonamides is 1. The minimum absolute atomic E-state index is 0.0777. The van der Waals surface area contributed by atoms with Gasteiger partial charge in [0, 0.05) is 6.54 Å². The molecule has 114 valence electrons. The zero-order chi connectivity index (χ0) is 15.0. The maximum absolute atomic E-state index is 12.4. The summed E-state index contributed by atoms with van der Waals surface area (Å²) < 4.78 is 30.4. The van der Waals surface area contributed by atoms with Gasteiger partial charge in [-0.3, -0.25) is 9.59 Å². The predicted octanol–water partition coefficient (Wildman–Crippen LogP) is 0.208. The van der Waals surface area contributed by atoms with Crippen LogP contribution in [0.2, 0.25) is 0 Å². The minimum atomic E-state index is -3.66. The van der Waals surface area contributed by atoms with Gasteiger partial charge in [-0.15, -0.1) is 0 Å². The number of carbonyl (C=O) groups is 2. The van der Waals surface area contributed by atoms with Gasteiger partial charge in [-0.05, 0) is 31.1 Å². The van der Waals surface area contributed by atoms with Crippen LogP contribution >= 0.6 is 0 Å². The zero-order valence-electron chi connectivity index (χ0n) is 11.4. The lowest BCUT2D eigenvalue weighted by molar-refractivity contribution is -0.142. The highest BCUT2D eigenvalue weighted by Gasteiger charge is 2.51. The van der Waals surface area contributed by atoms with Gasteiger partial charge in [0.1, 0.15) is 6.04 Å². The number of methoxy groups -OCH3 is 1. The molecule has 1 N–H and O–H groups in total. The molecule has 2 rings (SSSR count). The van der Waals surface area contributed by atoms with Gasteiger partial charge in [0.25, 0.3) is 0 Å². The van der Waals surface area contributed by atoms with Gasteiger partial charge in [-0.2, -0.15) is 4.31 Å². The summed E-state index contributed by atoms with van der Waals surface area (Å²) in [4.78, 5) is 22.4. The molecule has 0 bridgehead atoms. The lowest BCUT2D eigenvalue weighted by atomic mass is 10.1. The van der Waals surface area contributed by atoms with E-state index >= 15 is 0 Å². The molecule has 1 saturated carbocycles. The number of hydrogen-bond donors (Lipinski definition) is 1. The van der Waals surface area contributed by atoms with Crippen molar-refractivity contribution in [3.05, 3.63) is 0 Å². The molecule has 0 radical (unpaired) electrons. The van der Waals surface area contributed by atoms with Crippen LogP contribution in [0.15, 0.2) is 0 Å². The summed E-state index contributed by atoms with van der Waals surface area (Å²) in [6.07, 6.45) is 2.30. The number of esters is 1. The molecule has 0 aromatic carbocycles. The number of hydrogen-bond acceptors (Lipinski definition) is 5. The van der Waals surface area contributed by atoms with Crippen molar-refractivity contribution >= 4 is 22.0 Å². The Labute approximate surface area is 117 Å². The van der Waals surface area contributed by atoms with Crippen molar-refractivity contribution in [3.63, 3.8) is 0 Å². The second-order valence-corrected chi connectivity index (χ2v) is 7.54. The summed E-state index contributed by atoms with van der Waals surface area (Å²) >= 11 is 0. The molecule has 0 amide bonds. The molecule has 2 fully saturated rings. The fraction of sp³-hybridized carbons (Fsp3) is 0.833. The van der Waals surface area contributed by atoms with Gasteiger partial charge in [0.15, 0.2) is 0 Å². The van der Waals surface area contributed by atoms with Crippen molar-refractivity contribution in [3.8, 4) is 0 Å². The highest BCUT2D eigenvalue weighted by Crippen LogP contribution is 2.50. The summed E-state index contributed by atoms with van der Waals surface area (Å²) in [5, 5.41) is 9.06. The van der Waals surface area contributed by atoms with Crippen LogP contribution < -0.4 is 0 Å². The highest BCUT2D eigenvalue weighted by atomic mass is 32.2. The first-order chi connectivity index (χ1) is 9.30. The van der Waals surface area contributed by atoms with Crippen molar-refractivity contribution in [1.82, 2.24) is 4.31 Å². The van der Waals surface area contributed by atoms with Crippen LogP contribution in [0.1, 0.15) is 32.1 Å². The second-order valence-electron chi connectivity index (χ2n) is 5.62. The molecule has 1 aliphatic carbocycles. The van der Waals surface area contributed by atoms with Gasteiger partial charge in [-0.1, -0.05) is 0 Å². The fourth-order valence-corrected chi connectivity index (χ4v) is 5.04. The zero-order valence-corrected chi connectivity index (χ0v) is 12.2. The van der Waals surface area contributed by atoms with Crippen LogP contribution in [0.3, 0.4) is 0 Å². The van der Waals surface area contributed by atoms with E-state index in [1.165, 1.54) is 7.11 Å². The maximum Gasteiger partial charge on any atom is 0.322 e. The fourth-order valence-electron chi connectivity index (χ4n) is 2.72. The smallest absolute Gasteiger partial charge is 0.322 e. The average molecular weight is 305 g/mol. The number of aliphatic carboxylic acids is 1. The maximum atomic E-state index is 12.4. The Bertz CT molecular complexity index is 510. The molecule has 0 aromatic rings. The standard InChI is InChI=1S/C12H19NO6S/c1-19-10(14)7-12(4-5-12)8-20(17,18)13-6-2-3-9(13)11(15)16/h9H,2-8H2,1H3,(H,15,16)/t9-/m1/s1. The number of nitrogens with zero attached hydrogens (tertiary/aromatic N) is 1. The Morgan fingerprint density at radius 1 is 1.40 bits per heavy atom. The minimum Gasteiger partial charge on any atom is -0.480 e. The molecule has 1 heterocycles. The van der Waals surface area contributed by atoms with Crippen LogP contribution in [-0.2, 0) is 24.3 Å². The Kier molecular flexibility index (Phi) is 4.06.